The highest BCUT2D eigenvalue weighted by molar-refractivity contribution is 7.47. The van der Waals surface area contributed by atoms with E-state index in [0.29, 0.717) is 43.1 Å². The normalized spacial score (nSPS) is 15.4. The van der Waals surface area contributed by atoms with Crippen LogP contribution in [-0.4, -0.2) is 97.3 Å². The highest BCUT2D eigenvalue weighted by Gasteiger charge is 2.27. The molecule has 0 aromatic rings. The van der Waals surface area contributed by atoms with E-state index in [1.807, 2.05) is 64.5 Å². The zero-order valence-electron chi connectivity index (χ0n) is 40.9. The summed E-state index contributed by atoms with van der Waals surface area (Å²) in [5.41, 5.74) is 0. The Morgan fingerprint density at radius 1 is 0.569 bits per heavy atom. The van der Waals surface area contributed by atoms with Crippen molar-refractivity contribution in [2.24, 2.45) is 0 Å². The first-order chi connectivity index (χ1) is 31.3. The molecule has 370 valence electrons. The summed E-state index contributed by atoms with van der Waals surface area (Å²) in [6.45, 7) is 3.97. The average Bonchev–Trinajstić information content (AvgIpc) is 3.25. The lowest BCUT2D eigenvalue weighted by atomic mass is 10.1. The predicted octanol–water partition coefficient (Wildman–Crippen LogP) is 12.2. The zero-order valence-corrected chi connectivity index (χ0v) is 41.8. The van der Waals surface area contributed by atoms with E-state index in [1.165, 1.54) is 32.1 Å². The summed E-state index contributed by atoms with van der Waals surface area (Å²) in [6, 6.07) is 0. The molecule has 0 saturated heterocycles. The van der Waals surface area contributed by atoms with Crippen molar-refractivity contribution in [3.8, 4) is 0 Å². The summed E-state index contributed by atoms with van der Waals surface area (Å²) in [6.07, 6.45) is 52.1. The maximum absolute atomic E-state index is 12.7. The van der Waals surface area contributed by atoms with Gasteiger partial charge < -0.3 is 29.1 Å². The van der Waals surface area contributed by atoms with Gasteiger partial charge in [0.2, 0.25) is 0 Å². The summed E-state index contributed by atoms with van der Waals surface area (Å²) in [5, 5.41) is 20.0. The largest absolute Gasteiger partial charge is 0.472 e. The molecule has 0 aliphatic rings. The highest BCUT2D eigenvalue weighted by Crippen LogP contribution is 2.43. The number of nitrogens with zero attached hydrogens (tertiary/aromatic N) is 1. The van der Waals surface area contributed by atoms with Crippen molar-refractivity contribution in [2.75, 3.05) is 47.5 Å². The number of ether oxygens (including phenoxy) is 2. The molecule has 0 aromatic heterocycles. The van der Waals surface area contributed by atoms with E-state index in [2.05, 4.69) is 43.4 Å². The van der Waals surface area contributed by atoms with Crippen LogP contribution >= 0.6 is 7.82 Å². The number of carbonyl (C=O) groups is 2. The molecule has 0 spiro atoms. The number of aliphatic hydroxyl groups is 2. The van der Waals surface area contributed by atoms with E-state index in [9.17, 15) is 29.3 Å². The Kier molecular flexibility index (Phi) is 40.9. The number of rotatable bonds is 42. The Bertz CT molecular complexity index is 1500. The number of allylic oxidation sites excluding steroid dienone is 14. The van der Waals surface area contributed by atoms with E-state index in [-0.39, 0.29) is 26.1 Å². The molecule has 4 atom stereocenters. The summed E-state index contributed by atoms with van der Waals surface area (Å²) < 4.78 is 34.2. The number of quaternary nitrogens is 1. The number of unbranched alkanes of at least 4 members (excludes halogenated alkanes) is 10. The first kappa shape index (κ1) is 61.6. The van der Waals surface area contributed by atoms with E-state index >= 15 is 0 Å². The van der Waals surface area contributed by atoms with Gasteiger partial charge in [0.05, 0.1) is 40.0 Å². The first-order valence-electron chi connectivity index (χ1n) is 24.3. The van der Waals surface area contributed by atoms with Gasteiger partial charge in [-0.3, -0.25) is 18.6 Å². The topological polar surface area (TPSA) is 149 Å². The molecule has 0 amide bonds. The molecule has 0 rings (SSSR count). The zero-order chi connectivity index (χ0) is 48.1. The highest BCUT2D eigenvalue weighted by atomic mass is 31.2. The van der Waals surface area contributed by atoms with Gasteiger partial charge in [-0.2, -0.15) is 0 Å². The Labute approximate surface area is 394 Å². The number of aliphatic hydroxyl groups excluding tert-OH is 2. The Balaban J connectivity index is 4.57. The van der Waals surface area contributed by atoms with Gasteiger partial charge in [0.15, 0.2) is 6.10 Å². The van der Waals surface area contributed by atoms with Crippen molar-refractivity contribution in [1.29, 1.82) is 0 Å². The van der Waals surface area contributed by atoms with Crippen molar-refractivity contribution in [3.05, 3.63) is 109 Å². The van der Waals surface area contributed by atoms with Crippen LogP contribution in [0.1, 0.15) is 149 Å². The van der Waals surface area contributed by atoms with E-state index in [0.717, 1.165) is 57.8 Å². The third-order valence-electron chi connectivity index (χ3n) is 9.72. The summed E-state index contributed by atoms with van der Waals surface area (Å²) in [7, 11) is 1.35. The Morgan fingerprint density at radius 3 is 1.65 bits per heavy atom. The molecule has 11 nitrogen and oxygen atoms in total. The minimum Gasteiger partial charge on any atom is -0.462 e. The van der Waals surface area contributed by atoms with Crippen LogP contribution in [0.5, 0.6) is 0 Å². The van der Waals surface area contributed by atoms with Gasteiger partial charge in [0.1, 0.15) is 19.8 Å². The van der Waals surface area contributed by atoms with E-state index in [4.69, 9.17) is 18.5 Å². The standard InChI is InChI=1S/C53H88NO10P/c1-6-8-10-11-12-13-14-15-16-17-18-19-20-21-22-23-24-25-30-38-44-53(58)64-51(48-63-65(59,60)62-46-45-54(3,4)5)47-61-52(57)43-37-29-27-26-28-34-40-50(56)42-36-32-31-35-41-49(55)39-33-9-7-2/h9,13-14,16-17,19-20,27-29,31-36,41-42,49-51,55-56H,6-8,10-12,15,18,21-26,30,37-40,43-48H2,1-5H3/p+1/b14-13-,17-16-,20-19-,29-27-,32-31-,33-9-,34-28-,41-35+,42-36+/t49-,50+,51-/m1/s1. The van der Waals surface area contributed by atoms with Crippen LogP contribution in [0.2, 0.25) is 0 Å². The lowest BCUT2D eigenvalue weighted by molar-refractivity contribution is -0.870. The fourth-order valence-corrected chi connectivity index (χ4v) is 6.61. The molecule has 0 bridgehead atoms. The maximum atomic E-state index is 12.7. The van der Waals surface area contributed by atoms with E-state index < -0.39 is 44.7 Å². The molecule has 0 aromatic carbocycles. The maximum Gasteiger partial charge on any atom is 0.472 e. The number of phosphoric acid groups is 1. The molecule has 3 N–H and O–H groups in total. The molecule has 12 heteroatoms. The van der Waals surface area contributed by atoms with Crippen LogP contribution in [0.4, 0.5) is 0 Å². The quantitative estimate of drug-likeness (QED) is 0.0135. The monoisotopic (exact) mass is 931 g/mol. The van der Waals surface area contributed by atoms with Crippen molar-refractivity contribution < 1.29 is 52.3 Å². The SMILES string of the molecule is CC/C=C\C[C@@H](O)/C=C/C=C\C=C\[C@@H](O)C/C=C\C/C=C\CCC(=O)OC[C@H](COP(=O)(O)OCC[N+](C)(C)C)OC(=O)CCCCCCCC/C=C\C/C=C\C/C=C\CCCCCC. The van der Waals surface area contributed by atoms with Crippen LogP contribution in [0, 0.1) is 0 Å². The van der Waals surface area contributed by atoms with Crippen LogP contribution in [0.25, 0.3) is 0 Å². The van der Waals surface area contributed by atoms with Gasteiger partial charge in [0, 0.05) is 12.8 Å². The fraction of sp³-hybridized carbons (Fsp3) is 0.623. The van der Waals surface area contributed by atoms with Gasteiger partial charge in [-0.15, -0.1) is 0 Å². The van der Waals surface area contributed by atoms with Gasteiger partial charge in [0.25, 0.3) is 0 Å². The van der Waals surface area contributed by atoms with Crippen molar-refractivity contribution in [1.82, 2.24) is 0 Å². The average molecular weight is 931 g/mol. The van der Waals surface area contributed by atoms with Gasteiger partial charge >= 0.3 is 19.8 Å². The molecular weight excluding hydrogens is 842 g/mol. The molecule has 65 heavy (non-hydrogen) atoms. The minimum absolute atomic E-state index is 0.00706. The molecule has 0 radical (unpaired) electrons. The van der Waals surface area contributed by atoms with Crippen LogP contribution in [0.3, 0.4) is 0 Å². The van der Waals surface area contributed by atoms with Gasteiger partial charge in [-0.05, 0) is 77.0 Å². The number of hydrogen-bond donors (Lipinski definition) is 3. The van der Waals surface area contributed by atoms with Crippen LogP contribution in [0.15, 0.2) is 109 Å². The smallest absolute Gasteiger partial charge is 0.462 e. The predicted molar refractivity (Wildman–Crippen MR) is 268 cm³/mol. The second-order valence-electron chi connectivity index (χ2n) is 17.2. The van der Waals surface area contributed by atoms with Gasteiger partial charge in [-0.25, -0.2) is 4.57 Å². The Morgan fingerprint density at radius 2 is 1.08 bits per heavy atom. The number of hydrogen-bond acceptors (Lipinski definition) is 9. The second kappa shape index (κ2) is 43.2. The molecule has 0 aliphatic heterocycles. The summed E-state index contributed by atoms with van der Waals surface area (Å²) >= 11 is 0. The number of esters is 2. The molecular formula is C53H89NO10P+. The second-order valence-corrected chi connectivity index (χ2v) is 18.6. The third-order valence-corrected chi connectivity index (χ3v) is 10.7. The van der Waals surface area contributed by atoms with Gasteiger partial charge in [-0.1, -0.05) is 168 Å². The van der Waals surface area contributed by atoms with Crippen molar-refractivity contribution in [3.63, 3.8) is 0 Å². The van der Waals surface area contributed by atoms with Crippen LogP contribution in [-0.2, 0) is 32.7 Å². The van der Waals surface area contributed by atoms with Crippen molar-refractivity contribution >= 4 is 19.8 Å². The molecule has 0 fully saturated rings. The molecule has 1 unspecified atom stereocenters. The number of likely N-dealkylation sites (N-methyl/N-ethyl adjacent to an activating group) is 1. The van der Waals surface area contributed by atoms with Crippen LogP contribution < -0.4 is 0 Å². The minimum atomic E-state index is -4.43. The number of carbonyl (C=O) groups excluding carboxylic acids is 2. The van der Waals surface area contributed by atoms with Crippen molar-refractivity contribution in [2.45, 2.75) is 167 Å². The fourth-order valence-electron chi connectivity index (χ4n) is 5.87. The summed E-state index contributed by atoms with van der Waals surface area (Å²) in [4.78, 5) is 35.5. The Hall–Kier alpha value is -3.41. The van der Waals surface area contributed by atoms with E-state index in [1.54, 1.807) is 36.5 Å². The lowest BCUT2D eigenvalue weighted by Crippen LogP contribution is -2.37. The molecule has 0 aliphatic carbocycles. The molecule has 0 saturated carbocycles. The molecule has 0 heterocycles. The first-order valence-corrected chi connectivity index (χ1v) is 25.8. The lowest BCUT2D eigenvalue weighted by Gasteiger charge is -2.24. The summed E-state index contributed by atoms with van der Waals surface area (Å²) in [5.74, 6) is -0.991. The third kappa shape index (κ3) is 46.9. The number of phosphoric ester groups is 1.